The van der Waals surface area contributed by atoms with Crippen molar-refractivity contribution in [3.05, 3.63) is 39.1 Å². The summed E-state index contributed by atoms with van der Waals surface area (Å²) in [5.74, 6) is 0.521. The monoisotopic (exact) mass is 356 g/mol. The van der Waals surface area contributed by atoms with Crippen LogP contribution < -0.4 is 5.73 Å². The number of nitrogen functional groups attached to an aromatic ring is 1. The number of benzene rings is 1. The minimum atomic E-state index is -0.0587. The second-order valence-corrected chi connectivity index (χ2v) is 6.60. The van der Waals surface area contributed by atoms with E-state index in [0.29, 0.717) is 12.4 Å². The first-order valence-electron chi connectivity index (χ1n) is 5.82. The van der Waals surface area contributed by atoms with Crippen LogP contribution in [0.15, 0.2) is 24.3 Å². The van der Waals surface area contributed by atoms with Gasteiger partial charge in [0.15, 0.2) is 5.82 Å². The molecule has 0 saturated carbocycles. The molecular formula is C13H17IN4. The van der Waals surface area contributed by atoms with Gasteiger partial charge in [-0.15, -0.1) is 5.10 Å². The number of rotatable bonds is 2. The van der Waals surface area contributed by atoms with Crippen LogP contribution in [0.2, 0.25) is 0 Å². The van der Waals surface area contributed by atoms with Gasteiger partial charge in [0.2, 0.25) is 0 Å². The maximum absolute atomic E-state index is 5.91. The SMILES string of the molecule is CC(C)(C)c1c(N)nnn1Cc1ccc(I)cc1. The first-order chi connectivity index (χ1) is 8.38. The van der Waals surface area contributed by atoms with Crippen molar-refractivity contribution in [2.45, 2.75) is 32.7 Å². The van der Waals surface area contributed by atoms with Crippen molar-refractivity contribution >= 4 is 28.4 Å². The number of nitrogens with two attached hydrogens (primary N) is 1. The van der Waals surface area contributed by atoms with Crippen LogP contribution in [0, 0.1) is 3.57 Å². The Morgan fingerprint density at radius 2 is 1.83 bits per heavy atom. The van der Waals surface area contributed by atoms with E-state index in [2.05, 4.69) is 77.9 Å². The molecule has 0 amide bonds. The number of anilines is 1. The van der Waals surface area contributed by atoms with E-state index in [4.69, 9.17) is 5.73 Å². The summed E-state index contributed by atoms with van der Waals surface area (Å²) in [5, 5.41) is 8.13. The third-order valence-corrected chi connectivity index (χ3v) is 3.44. The van der Waals surface area contributed by atoms with Crippen LogP contribution >= 0.6 is 22.6 Å². The summed E-state index contributed by atoms with van der Waals surface area (Å²) in [5.41, 5.74) is 8.04. The molecule has 18 heavy (non-hydrogen) atoms. The predicted octanol–water partition coefficient (Wildman–Crippen LogP) is 2.81. The van der Waals surface area contributed by atoms with Gasteiger partial charge in [-0.05, 0) is 40.3 Å². The van der Waals surface area contributed by atoms with Crippen molar-refractivity contribution in [2.75, 3.05) is 5.73 Å². The molecule has 2 rings (SSSR count). The Morgan fingerprint density at radius 1 is 1.22 bits per heavy atom. The van der Waals surface area contributed by atoms with E-state index in [9.17, 15) is 0 Å². The van der Waals surface area contributed by atoms with E-state index in [1.807, 2.05) is 4.68 Å². The molecule has 1 aromatic carbocycles. The molecule has 0 radical (unpaired) electrons. The highest BCUT2D eigenvalue weighted by Crippen LogP contribution is 2.26. The Kier molecular flexibility index (Phi) is 3.61. The predicted molar refractivity (Wildman–Crippen MR) is 81.4 cm³/mol. The van der Waals surface area contributed by atoms with Crippen molar-refractivity contribution < 1.29 is 0 Å². The molecule has 0 spiro atoms. The van der Waals surface area contributed by atoms with Gasteiger partial charge in [0, 0.05) is 8.99 Å². The van der Waals surface area contributed by atoms with Gasteiger partial charge in [0.25, 0.3) is 0 Å². The first-order valence-corrected chi connectivity index (χ1v) is 6.89. The van der Waals surface area contributed by atoms with Crippen molar-refractivity contribution in [1.82, 2.24) is 15.0 Å². The lowest BCUT2D eigenvalue weighted by atomic mass is 9.92. The molecule has 0 unspecified atom stereocenters. The van der Waals surface area contributed by atoms with Gasteiger partial charge < -0.3 is 5.73 Å². The van der Waals surface area contributed by atoms with Gasteiger partial charge in [-0.25, -0.2) is 4.68 Å². The van der Waals surface area contributed by atoms with E-state index >= 15 is 0 Å². The Hall–Kier alpha value is -1.11. The van der Waals surface area contributed by atoms with Crippen LogP contribution in [0.3, 0.4) is 0 Å². The van der Waals surface area contributed by atoms with E-state index in [1.54, 1.807) is 0 Å². The van der Waals surface area contributed by atoms with Crippen LogP contribution in [0.5, 0.6) is 0 Å². The number of halogens is 1. The van der Waals surface area contributed by atoms with Crippen molar-refractivity contribution in [1.29, 1.82) is 0 Å². The topological polar surface area (TPSA) is 56.7 Å². The summed E-state index contributed by atoms with van der Waals surface area (Å²) in [7, 11) is 0. The van der Waals surface area contributed by atoms with Gasteiger partial charge in [0.05, 0.1) is 12.2 Å². The fraction of sp³-hybridized carbons (Fsp3) is 0.385. The van der Waals surface area contributed by atoms with E-state index < -0.39 is 0 Å². The normalized spacial score (nSPS) is 11.8. The van der Waals surface area contributed by atoms with E-state index in [1.165, 1.54) is 9.13 Å². The second kappa shape index (κ2) is 4.87. The Morgan fingerprint density at radius 3 is 2.39 bits per heavy atom. The average Bonchev–Trinajstić information content (AvgIpc) is 2.63. The quantitative estimate of drug-likeness (QED) is 0.842. The molecule has 0 bridgehead atoms. The smallest absolute Gasteiger partial charge is 0.169 e. The van der Waals surface area contributed by atoms with E-state index in [-0.39, 0.29) is 5.41 Å². The van der Waals surface area contributed by atoms with Crippen molar-refractivity contribution in [2.24, 2.45) is 0 Å². The van der Waals surface area contributed by atoms with Crippen molar-refractivity contribution in [3.8, 4) is 0 Å². The van der Waals surface area contributed by atoms with Gasteiger partial charge in [-0.2, -0.15) is 0 Å². The molecule has 0 atom stereocenters. The van der Waals surface area contributed by atoms with E-state index in [0.717, 1.165) is 5.69 Å². The zero-order valence-electron chi connectivity index (χ0n) is 10.8. The lowest BCUT2D eigenvalue weighted by Gasteiger charge is -2.20. The van der Waals surface area contributed by atoms with Gasteiger partial charge >= 0.3 is 0 Å². The zero-order valence-corrected chi connectivity index (χ0v) is 13.0. The fourth-order valence-corrected chi connectivity index (χ4v) is 2.33. The molecule has 4 nitrogen and oxygen atoms in total. The molecule has 5 heteroatoms. The molecule has 0 aliphatic carbocycles. The zero-order chi connectivity index (χ0) is 13.3. The molecule has 1 aromatic heterocycles. The molecule has 96 valence electrons. The van der Waals surface area contributed by atoms with Crippen LogP contribution in [0.25, 0.3) is 0 Å². The first kappa shape index (κ1) is 13.3. The van der Waals surface area contributed by atoms with Crippen LogP contribution in [0.4, 0.5) is 5.82 Å². The summed E-state index contributed by atoms with van der Waals surface area (Å²) < 4.78 is 3.11. The molecule has 0 aliphatic heterocycles. The van der Waals surface area contributed by atoms with Gasteiger partial charge in [-0.3, -0.25) is 0 Å². The number of hydrogen-bond donors (Lipinski definition) is 1. The standard InChI is InChI=1S/C13H17IN4/c1-13(2,3)11-12(15)16-17-18(11)8-9-4-6-10(14)7-5-9/h4-7H,8,15H2,1-3H3. The maximum Gasteiger partial charge on any atom is 0.169 e. The van der Waals surface area contributed by atoms with Gasteiger partial charge in [-0.1, -0.05) is 38.1 Å². The van der Waals surface area contributed by atoms with Crippen LogP contribution in [-0.4, -0.2) is 15.0 Å². The molecule has 0 aliphatic rings. The highest BCUT2D eigenvalue weighted by Gasteiger charge is 2.23. The summed E-state index contributed by atoms with van der Waals surface area (Å²) in [6.45, 7) is 7.05. The third kappa shape index (κ3) is 2.82. The average molecular weight is 356 g/mol. The Bertz CT molecular complexity index is 537. The molecule has 0 saturated heterocycles. The maximum atomic E-state index is 5.91. The minimum Gasteiger partial charge on any atom is -0.381 e. The Balaban J connectivity index is 2.33. The molecular weight excluding hydrogens is 339 g/mol. The summed E-state index contributed by atoms with van der Waals surface area (Å²) in [4.78, 5) is 0. The molecule has 1 heterocycles. The van der Waals surface area contributed by atoms with Crippen LogP contribution in [0.1, 0.15) is 32.0 Å². The fourth-order valence-electron chi connectivity index (χ4n) is 1.97. The molecule has 0 fully saturated rings. The second-order valence-electron chi connectivity index (χ2n) is 5.36. The lowest BCUT2D eigenvalue weighted by Crippen LogP contribution is -2.20. The Labute approximate surface area is 121 Å². The molecule has 2 aromatic rings. The highest BCUT2D eigenvalue weighted by atomic mass is 127. The van der Waals surface area contributed by atoms with Crippen LogP contribution in [-0.2, 0) is 12.0 Å². The molecule has 2 N–H and O–H groups in total. The third-order valence-electron chi connectivity index (χ3n) is 2.72. The van der Waals surface area contributed by atoms with Gasteiger partial charge in [0.1, 0.15) is 0 Å². The highest BCUT2D eigenvalue weighted by molar-refractivity contribution is 14.1. The number of hydrogen-bond acceptors (Lipinski definition) is 3. The van der Waals surface area contributed by atoms with Crippen molar-refractivity contribution in [3.63, 3.8) is 0 Å². The number of aromatic nitrogens is 3. The largest absolute Gasteiger partial charge is 0.381 e. The summed E-state index contributed by atoms with van der Waals surface area (Å²) in [6.07, 6.45) is 0. The summed E-state index contributed by atoms with van der Waals surface area (Å²) >= 11 is 2.30. The lowest BCUT2D eigenvalue weighted by molar-refractivity contribution is 0.502. The minimum absolute atomic E-state index is 0.0587. The number of nitrogens with zero attached hydrogens (tertiary/aromatic N) is 3. The summed E-state index contributed by atoms with van der Waals surface area (Å²) in [6, 6.07) is 8.39.